The zero-order valence-corrected chi connectivity index (χ0v) is 14.6. The van der Waals surface area contributed by atoms with Gasteiger partial charge in [0.15, 0.2) is 17.4 Å². The van der Waals surface area contributed by atoms with E-state index in [1.165, 1.54) is 6.07 Å². The molecule has 1 fully saturated rings. The van der Waals surface area contributed by atoms with Crippen molar-refractivity contribution in [1.29, 1.82) is 0 Å². The predicted octanol–water partition coefficient (Wildman–Crippen LogP) is 2.03. The minimum Gasteiger partial charge on any atom is -0.486 e. The molecule has 2 aliphatic heterocycles. The molecule has 0 aliphatic carbocycles. The van der Waals surface area contributed by atoms with Gasteiger partial charge in [0.25, 0.3) is 0 Å². The zero-order chi connectivity index (χ0) is 18.5. The highest BCUT2D eigenvalue weighted by Crippen LogP contribution is 2.41. The molecule has 0 saturated carbocycles. The number of carbonyl (C=O) groups is 1. The topological polar surface area (TPSA) is 95.2 Å². The molecule has 4 atom stereocenters. The van der Waals surface area contributed by atoms with Crippen LogP contribution in [0.4, 0.5) is 0 Å². The molecule has 1 N–H and O–H groups in total. The van der Waals surface area contributed by atoms with Gasteiger partial charge in [-0.05, 0) is 31.5 Å². The first kappa shape index (κ1) is 16.9. The Morgan fingerprint density at radius 2 is 1.96 bits per heavy atom. The fourth-order valence-corrected chi connectivity index (χ4v) is 3.50. The van der Waals surface area contributed by atoms with Crippen LogP contribution >= 0.6 is 0 Å². The summed E-state index contributed by atoms with van der Waals surface area (Å²) in [5.41, 5.74) is -1.49. The molecular weight excluding hydrogens is 340 g/mol. The summed E-state index contributed by atoms with van der Waals surface area (Å²) in [6.07, 6.45) is -0.248. The molecule has 138 valence electrons. The lowest BCUT2D eigenvalue weighted by Gasteiger charge is -2.37. The number of hydrogen-bond acceptors (Lipinski definition) is 7. The molecular formula is C19H20O7. The van der Waals surface area contributed by atoms with Crippen LogP contribution in [0.5, 0.6) is 11.5 Å². The second kappa shape index (κ2) is 6.02. The first-order valence-corrected chi connectivity index (χ1v) is 8.63. The van der Waals surface area contributed by atoms with Crippen LogP contribution in [0.3, 0.4) is 0 Å². The smallest absolute Gasteiger partial charge is 0.336 e. The third kappa shape index (κ3) is 2.92. The van der Waals surface area contributed by atoms with Crippen LogP contribution in [0.15, 0.2) is 33.5 Å². The quantitative estimate of drug-likeness (QED) is 0.661. The number of carbonyl (C=O) groups excluding carboxylic acids is 1. The predicted molar refractivity (Wildman–Crippen MR) is 91.3 cm³/mol. The van der Waals surface area contributed by atoms with Gasteiger partial charge in [0.05, 0.1) is 5.92 Å². The van der Waals surface area contributed by atoms with E-state index < -0.39 is 17.3 Å². The Bertz CT molecular complexity index is 914. The normalized spacial score (nSPS) is 27.2. The van der Waals surface area contributed by atoms with Gasteiger partial charge >= 0.3 is 11.6 Å². The molecule has 3 heterocycles. The average Bonchev–Trinajstić information content (AvgIpc) is 2.91. The van der Waals surface area contributed by atoms with Crippen LogP contribution in [-0.2, 0) is 9.53 Å². The summed E-state index contributed by atoms with van der Waals surface area (Å²) in [6, 6.07) is 6.49. The highest BCUT2D eigenvalue weighted by Gasteiger charge is 2.43. The maximum absolute atomic E-state index is 11.6. The standard InChI is InChI=1S/C19H20O7/c1-10-7-12(24-18(10)21)8-19(2,22)14-9-23-13-5-3-11-4-6-15(20)26-16(11)17(13)25-14/h3-6,10,12,14,22H,7-9H2,1-2H3/t10-,12+,14-,19+/m1/s1. The monoisotopic (exact) mass is 360 g/mol. The van der Waals surface area contributed by atoms with E-state index in [0.29, 0.717) is 23.3 Å². The molecule has 26 heavy (non-hydrogen) atoms. The Balaban J connectivity index is 1.60. The molecule has 1 aromatic heterocycles. The highest BCUT2D eigenvalue weighted by molar-refractivity contribution is 5.85. The van der Waals surface area contributed by atoms with Crippen molar-refractivity contribution in [2.24, 2.45) is 5.92 Å². The van der Waals surface area contributed by atoms with E-state index in [0.717, 1.165) is 0 Å². The first-order valence-electron chi connectivity index (χ1n) is 8.63. The highest BCUT2D eigenvalue weighted by atomic mass is 16.6. The van der Waals surface area contributed by atoms with Crippen LogP contribution in [0.2, 0.25) is 0 Å². The molecule has 0 bridgehead atoms. The summed E-state index contributed by atoms with van der Waals surface area (Å²) in [4.78, 5) is 23.2. The molecule has 2 aromatic rings. The number of benzene rings is 1. The number of rotatable bonds is 3. The summed E-state index contributed by atoms with van der Waals surface area (Å²) in [7, 11) is 0. The Morgan fingerprint density at radius 3 is 2.69 bits per heavy atom. The van der Waals surface area contributed by atoms with Gasteiger partial charge in [-0.1, -0.05) is 6.92 Å². The Morgan fingerprint density at radius 1 is 1.19 bits per heavy atom. The van der Waals surface area contributed by atoms with Crippen molar-refractivity contribution < 1.29 is 28.5 Å². The fraction of sp³-hybridized carbons (Fsp3) is 0.474. The lowest BCUT2D eigenvalue weighted by atomic mass is 9.89. The minimum atomic E-state index is -1.29. The van der Waals surface area contributed by atoms with Crippen molar-refractivity contribution in [3.05, 3.63) is 34.7 Å². The maximum Gasteiger partial charge on any atom is 0.336 e. The van der Waals surface area contributed by atoms with Gasteiger partial charge < -0.3 is 23.7 Å². The SMILES string of the molecule is C[C@@H]1C[C@@H](C[C@](C)(O)[C@H]2COc3ccc4ccc(=O)oc4c3O2)OC1=O. The van der Waals surface area contributed by atoms with Crippen LogP contribution in [0.25, 0.3) is 11.0 Å². The second-order valence-corrected chi connectivity index (χ2v) is 7.24. The van der Waals surface area contributed by atoms with E-state index in [1.807, 2.05) is 6.92 Å². The third-order valence-electron chi connectivity index (χ3n) is 4.99. The van der Waals surface area contributed by atoms with Gasteiger partial charge in [-0.3, -0.25) is 4.79 Å². The lowest BCUT2D eigenvalue weighted by Crippen LogP contribution is -2.50. The molecule has 0 unspecified atom stereocenters. The van der Waals surface area contributed by atoms with E-state index >= 15 is 0 Å². The minimum absolute atomic E-state index is 0.138. The van der Waals surface area contributed by atoms with Crippen molar-refractivity contribution in [1.82, 2.24) is 0 Å². The molecule has 7 nitrogen and oxygen atoms in total. The molecule has 0 spiro atoms. The third-order valence-corrected chi connectivity index (χ3v) is 4.99. The van der Waals surface area contributed by atoms with Crippen molar-refractivity contribution in [2.75, 3.05) is 6.61 Å². The van der Waals surface area contributed by atoms with E-state index in [2.05, 4.69) is 0 Å². The van der Waals surface area contributed by atoms with Gasteiger partial charge in [-0.2, -0.15) is 0 Å². The average molecular weight is 360 g/mol. The van der Waals surface area contributed by atoms with Gasteiger partial charge in [0.1, 0.15) is 18.3 Å². The van der Waals surface area contributed by atoms with E-state index in [9.17, 15) is 14.7 Å². The first-order chi connectivity index (χ1) is 12.3. The molecule has 1 saturated heterocycles. The molecule has 4 rings (SSSR count). The van der Waals surface area contributed by atoms with Crippen molar-refractivity contribution in [2.45, 2.75) is 44.5 Å². The van der Waals surface area contributed by atoms with Crippen LogP contribution in [0, 0.1) is 5.92 Å². The molecule has 2 aliphatic rings. The lowest BCUT2D eigenvalue weighted by molar-refractivity contribution is -0.148. The van der Waals surface area contributed by atoms with Crippen molar-refractivity contribution in [3.8, 4) is 11.5 Å². The Labute approximate surface area is 149 Å². The van der Waals surface area contributed by atoms with E-state index in [1.54, 1.807) is 25.1 Å². The van der Waals surface area contributed by atoms with Gasteiger partial charge in [0.2, 0.25) is 5.75 Å². The maximum atomic E-state index is 11.6. The number of cyclic esters (lactones) is 1. The molecule has 7 heteroatoms. The van der Waals surface area contributed by atoms with E-state index in [-0.39, 0.29) is 36.6 Å². The Hall–Kier alpha value is -2.54. The molecule has 0 radical (unpaired) electrons. The van der Waals surface area contributed by atoms with E-state index in [4.69, 9.17) is 18.6 Å². The zero-order valence-electron chi connectivity index (χ0n) is 14.6. The summed E-state index contributed by atoms with van der Waals surface area (Å²) >= 11 is 0. The summed E-state index contributed by atoms with van der Waals surface area (Å²) < 4.78 is 22.3. The second-order valence-electron chi connectivity index (χ2n) is 7.24. The number of esters is 1. The Kier molecular flexibility index (Phi) is 3.91. The summed E-state index contributed by atoms with van der Waals surface area (Å²) in [6.45, 7) is 3.57. The van der Waals surface area contributed by atoms with Gasteiger partial charge in [-0.25, -0.2) is 4.79 Å². The largest absolute Gasteiger partial charge is 0.486 e. The van der Waals surface area contributed by atoms with Gasteiger partial charge in [0, 0.05) is 17.9 Å². The van der Waals surface area contributed by atoms with Crippen molar-refractivity contribution >= 4 is 16.9 Å². The van der Waals surface area contributed by atoms with Crippen LogP contribution in [0.1, 0.15) is 26.7 Å². The van der Waals surface area contributed by atoms with Crippen LogP contribution < -0.4 is 15.1 Å². The molecule has 1 aromatic carbocycles. The molecule has 0 amide bonds. The fourth-order valence-electron chi connectivity index (χ4n) is 3.50. The number of aliphatic hydroxyl groups is 1. The number of ether oxygens (including phenoxy) is 3. The summed E-state index contributed by atoms with van der Waals surface area (Å²) in [5.74, 6) is 0.344. The van der Waals surface area contributed by atoms with Gasteiger partial charge in [-0.15, -0.1) is 0 Å². The number of hydrogen-bond donors (Lipinski definition) is 1. The van der Waals surface area contributed by atoms with Crippen LogP contribution in [-0.4, -0.2) is 35.5 Å². The number of fused-ring (bicyclic) bond motifs is 3. The summed E-state index contributed by atoms with van der Waals surface area (Å²) in [5, 5.41) is 11.6. The van der Waals surface area contributed by atoms with Crippen molar-refractivity contribution in [3.63, 3.8) is 0 Å².